The van der Waals surface area contributed by atoms with E-state index in [1.165, 1.54) is 0 Å². The number of halogens is 1. The van der Waals surface area contributed by atoms with Crippen molar-refractivity contribution in [2.45, 2.75) is 13.3 Å². The maximum Gasteiger partial charge on any atom is 0.224 e. The Kier molecular flexibility index (Phi) is 3.72. The van der Waals surface area contributed by atoms with Gasteiger partial charge in [-0.1, -0.05) is 17.7 Å². The zero-order valence-electron chi connectivity index (χ0n) is 10.2. The lowest BCUT2D eigenvalue weighted by molar-refractivity contribution is -0.120. The van der Waals surface area contributed by atoms with Gasteiger partial charge in [-0.2, -0.15) is 0 Å². The molecule has 1 aromatic heterocycles. The summed E-state index contributed by atoms with van der Waals surface area (Å²) in [7, 11) is 0. The number of carbonyl (C=O) groups is 1. The minimum absolute atomic E-state index is 0.0149. The number of amides is 1. The van der Waals surface area contributed by atoms with Crippen LogP contribution < -0.4 is 5.32 Å². The molecule has 3 nitrogen and oxygen atoms in total. The summed E-state index contributed by atoms with van der Waals surface area (Å²) < 4.78 is 0. The quantitative estimate of drug-likeness (QED) is 0.818. The first-order chi connectivity index (χ1) is 8.61. The Hall–Kier alpha value is -1.74. The van der Waals surface area contributed by atoms with Crippen LogP contribution in [-0.2, 0) is 11.2 Å². The highest BCUT2D eigenvalue weighted by molar-refractivity contribution is 6.31. The first kappa shape index (κ1) is 12.7. The molecule has 0 atom stereocenters. The van der Waals surface area contributed by atoms with Crippen molar-refractivity contribution in [3.8, 4) is 0 Å². The van der Waals surface area contributed by atoms with E-state index in [-0.39, 0.29) is 5.91 Å². The number of aromatic amines is 1. The van der Waals surface area contributed by atoms with Crippen molar-refractivity contribution in [2.24, 2.45) is 0 Å². The SMILES string of the molecule is C=CCNC(=O)Cc1c(C)[nH]c2ccc(Cl)cc12. The molecule has 0 spiro atoms. The normalized spacial score (nSPS) is 10.6. The maximum atomic E-state index is 11.7. The van der Waals surface area contributed by atoms with Crippen LogP contribution in [0, 0.1) is 6.92 Å². The summed E-state index contributed by atoms with van der Waals surface area (Å²) in [6.07, 6.45) is 2.01. The molecular formula is C14H15ClN2O. The van der Waals surface area contributed by atoms with E-state index in [4.69, 9.17) is 11.6 Å². The van der Waals surface area contributed by atoms with Crippen LogP contribution in [0.5, 0.6) is 0 Å². The standard InChI is InChI=1S/C14H15ClN2O/c1-3-6-16-14(18)8-11-9(2)17-13-5-4-10(15)7-12(11)13/h3-5,7,17H,1,6,8H2,2H3,(H,16,18). The van der Waals surface area contributed by atoms with E-state index >= 15 is 0 Å². The molecule has 0 aliphatic heterocycles. The minimum Gasteiger partial charge on any atom is -0.358 e. The topological polar surface area (TPSA) is 44.9 Å². The Bertz CT molecular complexity index is 601. The highest BCUT2D eigenvalue weighted by Gasteiger charge is 2.12. The van der Waals surface area contributed by atoms with E-state index in [9.17, 15) is 4.79 Å². The third-order valence-corrected chi connectivity index (χ3v) is 3.10. The van der Waals surface area contributed by atoms with Gasteiger partial charge in [0.25, 0.3) is 0 Å². The summed E-state index contributed by atoms with van der Waals surface area (Å²) in [4.78, 5) is 15.0. The summed E-state index contributed by atoms with van der Waals surface area (Å²) in [5.41, 5.74) is 3.00. The second-order valence-electron chi connectivity index (χ2n) is 4.19. The van der Waals surface area contributed by atoms with Gasteiger partial charge in [-0.05, 0) is 30.7 Å². The highest BCUT2D eigenvalue weighted by Crippen LogP contribution is 2.25. The smallest absolute Gasteiger partial charge is 0.224 e. The van der Waals surface area contributed by atoms with Crippen molar-refractivity contribution in [2.75, 3.05) is 6.54 Å². The number of fused-ring (bicyclic) bond motifs is 1. The molecule has 2 aromatic rings. The maximum absolute atomic E-state index is 11.7. The van der Waals surface area contributed by atoms with Crippen molar-refractivity contribution in [3.05, 3.63) is 47.1 Å². The van der Waals surface area contributed by atoms with Crippen LogP contribution in [0.4, 0.5) is 0 Å². The van der Waals surface area contributed by atoms with Crippen LogP contribution in [0.15, 0.2) is 30.9 Å². The number of aromatic nitrogens is 1. The van der Waals surface area contributed by atoms with Crippen molar-refractivity contribution in [1.29, 1.82) is 0 Å². The highest BCUT2D eigenvalue weighted by atomic mass is 35.5. The molecule has 1 heterocycles. The first-order valence-corrected chi connectivity index (χ1v) is 6.14. The predicted octanol–water partition coefficient (Wildman–Crippen LogP) is 2.97. The molecule has 94 valence electrons. The average molecular weight is 263 g/mol. The molecular weight excluding hydrogens is 248 g/mol. The molecule has 1 aromatic carbocycles. The molecule has 0 fully saturated rings. The van der Waals surface area contributed by atoms with Crippen molar-refractivity contribution < 1.29 is 4.79 Å². The van der Waals surface area contributed by atoms with Gasteiger partial charge >= 0.3 is 0 Å². The number of H-pyrrole nitrogens is 1. The Morgan fingerprint density at radius 3 is 3.06 bits per heavy atom. The van der Waals surface area contributed by atoms with Crippen molar-refractivity contribution >= 4 is 28.4 Å². The fraction of sp³-hybridized carbons (Fsp3) is 0.214. The lowest BCUT2D eigenvalue weighted by Gasteiger charge is -2.03. The Labute approximate surface area is 111 Å². The third-order valence-electron chi connectivity index (χ3n) is 2.86. The number of hydrogen-bond acceptors (Lipinski definition) is 1. The van der Waals surface area contributed by atoms with E-state index in [1.54, 1.807) is 6.08 Å². The van der Waals surface area contributed by atoms with E-state index in [1.807, 2.05) is 25.1 Å². The fourth-order valence-corrected chi connectivity index (χ4v) is 2.16. The first-order valence-electron chi connectivity index (χ1n) is 5.76. The van der Waals surface area contributed by atoms with Gasteiger partial charge in [0.1, 0.15) is 0 Å². The number of carbonyl (C=O) groups excluding carboxylic acids is 1. The lowest BCUT2D eigenvalue weighted by atomic mass is 10.1. The summed E-state index contributed by atoms with van der Waals surface area (Å²) in [6.45, 7) is 6.02. The number of rotatable bonds is 4. The molecule has 18 heavy (non-hydrogen) atoms. The second kappa shape index (κ2) is 5.27. The fourth-order valence-electron chi connectivity index (χ4n) is 1.99. The monoisotopic (exact) mass is 262 g/mol. The molecule has 0 radical (unpaired) electrons. The Balaban J connectivity index is 2.32. The second-order valence-corrected chi connectivity index (χ2v) is 4.62. The summed E-state index contributed by atoms with van der Waals surface area (Å²) >= 11 is 5.99. The largest absolute Gasteiger partial charge is 0.358 e. The summed E-state index contributed by atoms with van der Waals surface area (Å²) in [6, 6.07) is 5.65. The van der Waals surface area contributed by atoms with Crippen LogP contribution in [0.25, 0.3) is 10.9 Å². The number of hydrogen-bond donors (Lipinski definition) is 2. The van der Waals surface area contributed by atoms with Crippen LogP contribution >= 0.6 is 11.6 Å². The van der Waals surface area contributed by atoms with Gasteiger partial charge in [0.15, 0.2) is 0 Å². The molecule has 2 rings (SSSR count). The lowest BCUT2D eigenvalue weighted by Crippen LogP contribution is -2.25. The molecule has 4 heteroatoms. The van der Waals surface area contributed by atoms with E-state index in [2.05, 4.69) is 16.9 Å². The Morgan fingerprint density at radius 2 is 2.33 bits per heavy atom. The van der Waals surface area contributed by atoms with Gasteiger partial charge in [0, 0.05) is 28.2 Å². The van der Waals surface area contributed by atoms with Crippen molar-refractivity contribution in [1.82, 2.24) is 10.3 Å². The predicted molar refractivity (Wildman–Crippen MR) is 75.0 cm³/mol. The third kappa shape index (κ3) is 2.57. The zero-order valence-corrected chi connectivity index (χ0v) is 11.0. The van der Waals surface area contributed by atoms with Gasteiger partial charge in [0.2, 0.25) is 5.91 Å². The molecule has 0 unspecified atom stereocenters. The number of aryl methyl sites for hydroxylation is 1. The minimum atomic E-state index is -0.0149. The molecule has 0 bridgehead atoms. The van der Waals surface area contributed by atoms with Gasteiger partial charge in [-0.15, -0.1) is 6.58 Å². The van der Waals surface area contributed by atoms with E-state index in [0.717, 1.165) is 22.2 Å². The van der Waals surface area contributed by atoms with Gasteiger partial charge in [0.05, 0.1) is 6.42 Å². The van der Waals surface area contributed by atoms with Crippen LogP contribution in [0.3, 0.4) is 0 Å². The zero-order chi connectivity index (χ0) is 13.1. The summed E-state index contributed by atoms with van der Waals surface area (Å²) in [5.74, 6) is -0.0149. The average Bonchev–Trinajstić information content (AvgIpc) is 2.63. The molecule has 0 aliphatic carbocycles. The van der Waals surface area contributed by atoms with Crippen LogP contribution in [0.2, 0.25) is 5.02 Å². The Morgan fingerprint density at radius 1 is 1.56 bits per heavy atom. The van der Waals surface area contributed by atoms with Crippen LogP contribution in [0.1, 0.15) is 11.3 Å². The van der Waals surface area contributed by atoms with Crippen molar-refractivity contribution in [3.63, 3.8) is 0 Å². The number of benzene rings is 1. The summed E-state index contributed by atoms with van der Waals surface area (Å²) in [5, 5.41) is 4.46. The molecule has 1 amide bonds. The molecule has 0 saturated carbocycles. The van der Waals surface area contributed by atoms with E-state index < -0.39 is 0 Å². The number of nitrogens with one attached hydrogen (secondary N) is 2. The van der Waals surface area contributed by atoms with Gasteiger partial charge < -0.3 is 10.3 Å². The molecule has 0 saturated heterocycles. The van der Waals surface area contributed by atoms with Gasteiger partial charge in [-0.25, -0.2) is 0 Å². The van der Waals surface area contributed by atoms with E-state index in [0.29, 0.717) is 18.0 Å². The van der Waals surface area contributed by atoms with Crippen LogP contribution in [-0.4, -0.2) is 17.4 Å². The van der Waals surface area contributed by atoms with Gasteiger partial charge in [-0.3, -0.25) is 4.79 Å². The molecule has 0 aliphatic rings. The molecule has 2 N–H and O–H groups in total.